The fraction of sp³-hybridized carbons (Fsp3) is 0.385. The first-order valence-electron chi connectivity index (χ1n) is 5.74. The molecule has 0 atom stereocenters. The van der Waals surface area contributed by atoms with Crippen LogP contribution in [0, 0.1) is 4.91 Å². The molecule has 1 aliphatic rings. The third-order valence-electron chi connectivity index (χ3n) is 2.85. The van der Waals surface area contributed by atoms with Gasteiger partial charge in [-0.15, -0.1) is 23.5 Å². The molecule has 1 aromatic rings. The Morgan fingerprint density at radius 2 is 2.12 bits per heavy atom. The van der Waals surface area contributed by atoms with Gasteiger partial charge in [0.25, 0.3) is 5.70 Å². The van der Waals surface area contributed by atoms with Crippen LogP contribution in [0.2, 0.25) is 0 Å². The Kier molecular flexibility index (Phi) is 4.68. The molecular formula is C13H16NOS2+. The Labute approximate surface area is 110 Å². The summed E-state index contributed by atoms with van der Waals surface area (Å²) in [6.45, 7) is 0. The molecule has 0 fully saturated rings. The van der Waals surface area contributed by atoms with E-state index in [9.17, 15) is 4.91 Å². The maximum Gasteiger partial charge on any atom is 0.280 e. The minimum Gasteiger partial charge on any atom is -0.116 e. The van der Waals surface area contributed by atoms with Crippen molar-refractivity contribution in [3.05, 3.63) is 44.5 Å². The zero-order valence-electron chi connectivity index (χ0n) is 9.86. The van der Waals surface area contributed by atoms with Crippen LogP contribution in [0.3, 0.4) is 0 Å². The topological polar surface area (TPSA) is 31.0 Å². The number of fused-ring (bicyclic) bond motifs is 1. The Morgan fingerprint density at radius 3 is 2.88 bits per heavy atom. The largest absolute Gasteiger partial charge is 0.280 e. The summed E-state index contributed by atoms with van der Waals surface area (Å²) in [4.78, 5) is 11.3. The van der Waals surface area contributed by atoms with E-state index in [1.165, 1.54) is 18.4 Å². The number of nitroso groups, excluding NO2 is 1. The molecule has 1 N–H and O–H groups in total. The molecule has 0 aromatic heterocycles. The van der Waals surface area contributed by atoms with Gasteiger partial charge in [0.2, 0.25) is 0 Å². The van der Waals surface area contributed by atoms with Gasteiger partial charge < -0.3 is 0 Å². The van der Waals surface area contributed by atoms with Crippen molar-refractivity contribution in [3.8, 4) is 0 Å². The number of benzene rings is 1. The smallest absolute Gasteiger partial charge is 0.116 e. The van der Waals surface area contributed by atoms with E-state index in [0.29, 0.717) is 0 Å². The summed E-state index contributed by atoms with van der Waals surface area (Å²) >= 11 is 3.44. The predicted octanol–water partition coefficient (Wildman–Crippen LogP) is 2.59. The minimum atomic E-state index is 0.750. The van der Waals surface area contributed by atoms with Gasteiger partial charge >= 0.3 is 0 Å². The zero-order valence-corrected chi connectivity index (χ0v) is 11.5. The lowest BCUT2D eigenvalue weighted by Gasteiger charge is -2.05. The molecular weight excluding hydrogens is 250 g/mol. The number of thioether (sulfide) groups is 2. The van der Waals surface area contributed by atoms with Gasteiger partial charge in [-0.2, -0.15) is 0 Å². The third kappa shape index (κ3) is 2.93. The molecule has 1 heterocycles. The SMILES string of the molecule is CSC1=C([NH+]=O)c2ccccc2CCCCS1. The van der Waals surface area contributed by atoms with Crippen LogP contribution in [0.1, 0.15) is 24.0 Å². The average molecular weight is 266 g/mol. The molecule has 1 aliphatic heterocycles. The number of rotatable bonds is 2. The van der Waals surface area contributed by atoms with Crippen molar-refractivity contribution >= 4 is 29.2 Å². The molecule has 0 unspecified atom stereocenters. The lowest BCUT2D eigenvalue weighted by atomic mass is 10.0. The van der Waals surface area contributed by atoms with Crippen LogP contribution >= 0.6 is 23.5 Å². The van der Waals surface area contributed by atoms with Crippen LogP contribution in [0.15, 0.2) is 28.5 Å². The lowest BCUT2D eigenvalue weighted by Crippen LogP contribution is -2.60. The third-order valence-corrected chi connectivity index (χ3v) is 5.24. The zero-order chi connectivity index (χ0) is 12.1. The van der Waals surface area contributed by atoms with Gasteiger partial charge in [0.15, 0.2) is 0 Å². The van der Waals surface area contributed by atoms with Gasteiger partial charge in [0, 0.05) is 10.1 Å². The molecule has 17 heavy (non-hydrogen) atoms. The maximum absolute atomic E-state index is 11.3. The maximum atomic E-state index is 11.3. The van der Waals surface area contributed by atoms with Gasteiger partial charge in [-0.1, -0.05) is 18.2 Å². The van der Waals surface area contributed by atoms with Crippen LogP contribution in [0.25, 0.3) is 5.70 Å². The minimum absolute atomic E-state index is 0.750. The molecule has 0 saturated carbocycles. The summed E-state index contributed by atoms with van der Waals surface area (Å²) in [5.41, 5.74) is 3.10. The Hall–Kier alpha value is -0.740. The first-order chi connectivity index (χ1) is 8.36. The van der Waals surface area contributed by atoms with Crippen molar-refractivity contribution in [1.29, 1.82) is 0 Å². The van der Waals surface area contributed by atoms with Crippen molar-refractivity contribution in [2.24, 2.45) is 0 Å². The normalized spacial score (nSPS) is 16.8. The summed E-state index contributed by atoms with van der Waals surface area (Å²) < 4.78 is 1.11. The van der Waals surface area contributed by atoms with Crippen molar-refractivity contribution in [3.63, 3.8) is 0 Å². The van der Waals surface area contributed by atoms with E-state index < -0.39 is 0 Å². The number of hydrogen-bond acceptors (Lipinski definition) is 3. The van der Waals surface area contributed by atoms with Crippen molar-refractivity contribution in [2.45, 2.75) is 19.3 Å². The van der Waals surface area contributed by atoms with Gasteiger partial charge in [-0.3, -0.25) is 0 Å². The fourth-order valence-corrected chi connectivity index (χ4v) is 3.91. The molecule has 0 bridgehead atoms. The van der Waals surface area contributed by atoms with Crippen molar-refractivity contribution in [2.75, 3.05) is 12.0 Å². The van der Waals surface area contributed by atoms with Gasteiger partial charge in [-0.25, -0.2) is 0 Å². The number of nitrogens with one attached hydrogen (secondary N) is 1. The first-order valence-corrected chi connectivity index (χ1v) is 7.95. The molecule has 2 rings (SSSR count). The monoisotopic (exact) mass is 266 g/mol. The molecule has 4 heteroatoms. The fourth-order valence-electron chi connectivity index (χ4n) is 2.00. The summed E-state index contributed by atoms with van der Waals surface area (Å²) in [6, 6.07) is 8.21. The molecule has 90 valence electrons. The van der Waals surface area contributed by atoms with E-state index in [2.05, 4.69) is 11.2 Å². The summed E-state index contributed by atoms with van der Waals surface area (Å²) in [7, 11) is 0. The Bertz CT molecular complexity index is 443. The second-order valence-corrected chi connectivity index (χ2v) is 6.11. The first kappa shape index (κ1) is 12.7. The van der Waals surface area contributed by atoms with E-state index in [1.54, 1.807) is 23.5 Å². The van der Waals surface area contributed by atoms with Gasteiger partial charge in [0.1, 0.15) is 4.24 Å². The molecule has 0 amide bonds. The predicted molar refractivity (Wildman–Crippen MR) is 76.6 cm³/mol. The molecule has 0 radical (unpaired) electrons. The molecule has 2 nitrogen and oxygen atoms in total. The van der Waals surface area contributed by atoms with Gasteiger partial charge in [0.05, 0.1) is 5.56 Å². The second-order valence-electron chi connectivity index (χ2n) is 3.93. The van der Waals surface area contributed by atoms with E-state index in [4.69, 9.17) is 0 Å². The molecule has 0 aliphatic carbocycles. The van der Waals surface area contributed by atoms with E-state index >= 15 is 0 Å². The van der Waals surface area contributed by atoms with E-state index in [1.807, 2.05) is 24.5 Å². The highest BCUT2D eigenvalue weighted by Gasteiger charge is 2.20. The van der Waals surface area contributed by atoms with Crippen LogP contribution < -0.4 is 5.18 Å². The Balaban J connectivity index is 2.54. The second kappa shape index (κ2) is 6.26. The average Bonchev–Trinajstić information content (AvgIpc) is 2.46. The number of aryl methyl sites for hydroxylation is 1. The van der Waals surface area contributed by atoms with Crippen LogP contribution in [-0.2, 0) is 6.42 Å². The van der Waals surface area contributed by atoms with Crippen LogP contribution in [0.5, 0.6) is 0 Å². The standard InChI is InChI=1S/C13H15NOS2/c1-16-13-12(14-15)11-8-3-2-6-10(11)7-4-5-9-17-13/h2-3,6,8H,4-5,7,9H2,1H3/p+1. The summed E-state index contributed by atoms with van der Waals surface area (Å²) in [6.07, 6.45) is 5.48. The van der Waals surface area contributed by atoms with Crippen molar-refractivity contribution < 1.29 is 5.18 Å². The highest BCUT2D eigenvalue weighted by molar-refractivity contribution is 8.22. The summed E-state index contributed by atoms with van der Waals surface area (Å²) in [5.74, 6) is 1.09. The lowest BCUT2D eigenvalue weighted by molar-refractivity contribution is -0.369. The number of hydrogen-bond donors (Lipinski definition) is 1. The van der Waals surface area contributed by atoms with E-state index in [-0.39, 0.29) is 0 Å². The van der Waals surface area contributed by atoms with Crippen LogP contribution in [0.4, 0.5) is 0 Å². The van der Waals surface area contributed by atoms with E-state index in [0.717, 1.165) is 27.7 Å². The highest BCUT2D eigenvalue weighted by atomic mass is 32.2. The summed E-state index contributed by atoms with van der Waals surface area (Å²) in [5, 5.41) is 2.14. The van der Waals surface area contributed by atoms with Gasteiger partial charge in [-0.05, 0) is 42.9 Å². The molecule has 1 aromatic carbocycles. The molecule has 0 spiro atoms. The highest BCUT2D eigenvalue weighted by Crippen LogP contribution is 2.34. The molecule has 0 saturated heterocycles. The quantitative estimate of drug-likeness (QED) is 0.892. The van der Waals surface area contributed by atoms with Crippen molar-refractivity contribution in [1.82, 2.24) is 0 Å². The Morgan fingerprint density at radius 1 is 1.29 bits per heavy atom. The van der Waals surface area contributed by atoms with Crippen LogP contribution in [-0.4, -0.2) is 12.0 Å².